The molecule has 0 spiro atoms. The molecule has 0 bridgehead atoms. The van der Waals surface area contributed by atoms with Crippen LogP contribution in [0.1, 0.15) is 75.1 Å². The van der Waals surface area contributed by atoms with Crippen LogP contribution in [-0.4, -0.2) is 53.3 Å². The molecule has 8 heteroatoms. The van der Waals surface area contributed by atoms with E-state index in [4.69, 9.17) is 4.74 Å². The number of fused-ring (bicyclic) bond motifs is 4. The van der Waals surface area contributed by atoms with Crippen molar-refractivity contribution in [1.29, 1.82) is 0 Å². The molecule has 2 heterocycles. The maximum atomic E-state index is 13.4. The number of hydrogen-bond acceptors (Lipinski definition) is 4. The topological polar surface area (TPSA) is 65.6 Å². The summed E-state index contributed by atoms with van der Waals surface area (Å²) in [7, 11) is 0. The van der Waals surface area contributed by atoms with Gasteiger partial charge in [0.25, 0.3) is 0 Å². The third-order valence-corrected chi connectivity index (χ3v) is 9.23. The van der Waals surface area contributed by atoms with Crippen molar-refractivity contribution in [2.45, 2.75) is 77.0 Å². The summed E-state index contributed by atoms with van der Waals surface area (Å²) >= 11 is 0. The van der Waals surface area contributed by atoms with E-state index in [2.05, 4.69) is 16.8 Å². The number of alkyl halides is 3. The van der Waals surface area contributed by atoms with Crippen molar-refractivity contribution in [3.63, 3.8) is 0 Å². The van der Waals surface area contributed by atoms with E-state index >= 15 is 0 Å². The average molecular weight is 507 g/mol. The highest BCUT2D eigenvalue weighted by Crippen LogP contribution is 2.47. The Labute approximate surface area is 210 Å². The SMILES string of the molecule is CCOC(=O)C1(CCN2CC[C@@H]3Cc4[nH]c5ccc(C(F)(F)F)cc5c4[C@H](C)[C@H]3C2)CCC(O)CC1. The minimum atomic E-state index is -4.36. The molecule has 1 saturated heterocycles. The minimum Gasteiger partial charge on any atom is -0.466 e. The fraction of sp³-hybridized carbons (Fsp3) is 0.679. The molecule has 198 valence electrons. The summed E-state index contributed by atoms with van der Waals surface area (Å²) in [5.74, 6) is 0.888. The maximum absolute atomic E-state index is 13.4. The second-order valence-corrected chi connectivity index (χ2v) is 11.3. The number of piperidine rings is 1. The Morgan fingerprint density at radius 1 is 1.25 bits per heavy atom. The summed E-state index contributed by atoms with van der Waals surface area (Å²) < 4.78 is 45.7. The smallest absolute Gasteiger partial charge is 0.416 e. The number of esters is 1. The second-order valence-electron chi connectivity index (χ2n) is 11.3. The summed E-state index contributed by atoms with van der Waals surface area (Å²) in [4.78, 5) is 18.8. The molecule has 1 saturated carbocycles. The van der Waals surface area contributed by atoms with E-state index < -0.39 is 17.2 Å². The number of aliphatic hydroxyl groups excluding tert-OH is 1. The Bertz CT molecular complexity index is 1100. The molecule has 3 atom stereocenters. The van der Waals surface area contributed by atoms with Crippen molar-refractivity contribution in [2.24, 2.45) is 17.3 Å². The summed E-state index contributed by atoms with van der Waals surface area (Å²) in [6.45, 7) is 6.99. The number of aromatic amines is 1. The fourth-order valence-electron chi connectivity index (χ4n) is 7.09. The highest BCUT2D eigenvalue weighted by Gasteiger charge is 2.44. The molecule has 5 rings (SSSR count). The standard InChI is InChI=1S/C28H37F3N2O3/c1-3-36-26(35)27(9-6-20(34)7-10-27)11-13-33-12-8-18-14-24-25(17(2)22(18)16-33)21-15-19(28(29,30)31)4-5-23(21)32-24/h4-5,15,17-18,20,22,32,34H,3,6-14,16H2,1-2H3/t17-,18-,20?,22-,27?/m1/s1. The van der Waals surface area contributed by atoms with Gasteiger partial charge in [-0.15, -0.1) is 0 Å². The molecule has 1 aromatic heterocycles. The van der Waals surface area contributed by atoms with Crippen molar-refractivity contribution < 1.29 is 27.8 Å². The molecular weight excluding hydrogens is 469 g/mol. The third kappa shape index (κ3) is 4.67. The lowest BCUT2D eigenvalue weighted by Crippen LogP contribution is -2.47. The fourth-order valence-corrected chi connectivity index (χ4v) is 7.09. The number of hydrogen-bond donors (Lipinski definition) is 2. The summed E-state index contributed by atoms with van der Waals surface area (Å²) in [5.41, 5.74) is 1.80. The predicted molar refractivity (Wildman–Crippen MR) is 132 cm³/mol. The van der Waals surface area contributed by atoms with E-state index in [0.717, 1.165) is 61.7 Å². The Hall–Kier alpha value is -2.06. The largest absolute Gasteiger partial charge is 0.466 e. The van der Waals surface area contributed by atoms with E-state index in [1.165, 1.54) is 6.07 Å². The predicted octanol–water partition coefficient (Wildman–Crippen LogP) is 5.66. The molecule has 2 fully saturated rings. The third-order valence-electron chi connectivity index (χ3n) is 9.23. The van der Waals surface area contributed by atoms with E-state index in [0.29, 0.717) is 49.5 Å². The number of benzene rings is 1. The van der Waals surface area contributed by atoms with Crippen LogP contribution in [0.25, 0.3) is 10.9 Å². The van der Waals surface area contributed by atoms with Gasteiger partial charge >= 0.3 is 12.1 Å². The second kappa shape index (κ2) is 9.67. The average Bonchev–Trinajstić information content (AvgIpc) is 3.21. The Kier molecular flexibility index (Phi) is 6.87. The van der Waals surface area contributed by atoms with Crippen LogP contribution in [0.5, 0.6) is 0 Å². The van der Waals surface area contributed by atoms with Crippen molar-refractivity contribution in [1.82, 2.24) is 9.88 Å². The molecule has 2 aliphatic carbocycles. The molecule has 2 aromatic rings. The number of halogens is 3. The number of aliphatic hydroxyl groups is 1. The molecule has 0 amide bonds. The zero-order valence-electron chi connectivity index (χ0n) is 21.2. The van der Waals surface area contributed by atoms with Crippen LogP contribution in [0.3, 0.4) is 0 Å². The highest BCUT2D eigenvalue weighted by molar-refractivity contribution is 5.86. The number of likely N-dealkylation sites (tertiary alicyclic amines) is 1. The quantitative estimate of drug-likeness (QED) is 0.514. The number of carbonyl (C=O) groups excluding carboxylic acids is 1. The van der Waals surface area contributed by atoms with E-state index in [1.54, 1.807) is 6.07 Å². The number of H-pyrrole nitrogens is 1. The zero-order chi connectivity index (χ0) is 25.7. The van der Waals surface area contributed by atoms with Gasteiger partial charge in [0.2, 0.25) is 0 Å². The monoisotopic (exact) mass is 506 g/mol. The number of carbonyl (C=O) groups is 1. The van der Waals surface area contributed by atoms with Crippen LogP contribution >= 0.6 is 0 Å². The Morgan fingerprint density at radius 2 is 2.00 bits per heavy atom. The van der Waals surface area contributed by atoms with Crippen molar-refractivity contribution in [2.75, 3.05) is 26.2 Å². The lowest BCUT2D eigenvalue weighted by atomic mass is 9.67. The van der Waals surface area contributed by atoms with Gasteiger partial charge in [0, 0.05) is 23.1 Å². The lowest BCUT2D eigenvalue weighted by Gasteiger charge is -2.45. The van der Waals surface area contributed by atoms with Gasteiger partial charge in [-0.05, 0) is 106 Å². The summed E-state index contributed by atoms with van der Waals surface area (Å²) in [6.07, 6.45) is 0.513. The van der Waals surface area contributed by atoms with Crippen LogP contribution in [0.2, 0.25) is 0 Å². The zero-order valence-corrected chi connectivity index (χ0v) is 21.2. The molecule has 0 unspecified atom stereocenters. The lowest BCUT2D eigenvalue weighted by molar-refractivity contribution is -0.160. The number of rotatable bonds is 5. The number of nitrogens with zero attached hydrogens (tertiary/aromatic N) is 1. The van der Waals surface area contributed by atoms with Crippen LogP contribution in [0, 0.1) is 17.3 Å². The molecular formula is C28H37F3N2O3. The van der Waals surface area contributed by atoms with E-state index in [-0.39, 0.29) is 18.0 Å². The number of nitrogens with one attached hydrogen (secondary N) is 1. The van der Waals surface area contributed by atoms with Gasteiger partial charge in [0.05, 0.1) is 23.7 Å². The molecule has 1 aromatic carbocycles. The first-order chi connectivity index (χ1) is 17.1. The molecule has 36 heavy (non-hydrogen) atoms. The normalized spacial score (nSPS) is 31.2. The van der Waals surface area contributed by atoms with E-state index in [9.17, 15) is 23.1 Å². The van der Waals surface area contributed by atoms with Crippen LogP contribution in [0.15, 0.2) is 18.2 Å². The molecule has 5 nitrogen and oxygen atoms in total. The molecule has 2 N–H and O–H groups in total. The van der Waals surface area contributed by atoms with Crippen LogP contribution < -0.4 is 0 Å². The van der Waals surface area contributed by atoms with Crippen molar-refractivity contribution in [3.8, 4) is 0 Å². The number of ether oxygens (including phenoxy) is 1. The van der Waals surface area contributed by atoms with Gasteiger partial charge in [0.15, 0.2) is 0 Å². The first-order valence-electron chi connectivity index (χ1n) is 13.4. The van der Waals surface area contributed by atoms with Crippen LogP contribution in [-0.2, 0) is 22.1 Å². The molecule has 0 radical (unpaired) electrons. The van der Waals surface area contributed by atoms with Crippen molar-refractivity contribution in [3.05, 3.63) is 35.0 Å². The summed E-state index contributed by atoms with van der Waals surface area (Å²) in [5, 5.41) is 10.7. The van der Waals surface area contributed by atoms with Gasteiger partial charge in [0.1, 0.15) is 0 Å². The Balaban J connectivity index is 1.32. The van der Waals surface area contributed by atoms with Crippen molar-refractivity contribution >= 4 is 16.9 Å². The van der Waals surface area contributed by atoms with Gasteiger partial charge < -0.3 is 19.7 Å². The van der Waals surface area contributed by atoms with Gasteiger partial charge in [-0.2, -0.15) is 13.2 Å². The molecule has 3 aliphatic rings. The maximum Gasteiger partial charge on any atom is 0.416 e. The Morgan fingerprint density at radius 3 is 2.69 bits per heavy atom. The first-order valence-corrected chi connectivity index (χ1v) is 13.4. The summed E-state index contributed by atoms with van der Waals surface area (Å²) in [6, 6.07) is 4.03. The van der Waals surface area contributed by atoms with Crippen LogP contribution in [0.4, 0.5) is 13.2 Å². The van der Waals surface area contributed by atoms with Gasteiger partial charge in [-0.3, -0.25) is 4.79 Å². The minimum absolute atomic E-state index is 0.137. The van der Waals surface area contributed by atoms with Gasteiger partial charge in [-0.1, -0.05) is 6.92 Å². The highest BCUT2D eigenvalue weighted by atomic mass is 19.4. The van der Waals surface area contributed by atoms with Gasteiger partial charge in [-0.25, -0.2) is 0 Å². The molecule has 1 aliphatic heterocycles. The van der Waals surface area contributed by atoms with E-state index in [1.807, 2.05) is 6.92 Å². The number of aromatic nitrogens is 1. The first kappa shape index (κ1) is 25.6.